The van der Waals surface area contributed by atoms with Gasteiger partial charge in [0, 0.05) is 17.4 Å². The van der Waals surface area contributed by atoms with E-state index in [0.717, 1.165) is 0 Å². The first-order chi connectivity index (χ1) is 16.0. The molecule has 0 saturated heterocycles. The lowest BCUT2D eigenvalue weighted by Gasteiger charge is -2.09. The van der Waals surface area contributed by atoms with Gasteiger partial charge in [-0.2, -0.15) is 4.80 Å². The van der Waals surface area contributed by atoms with Gasteiger partial charge in [-0.05, 0) is 53.7 Å². The molecule has 0 aliphatic heterocycles. The van der Waals surface area contributed by atoms with E-state index in [0.29, 0.717) is 22.7 Å². The van der Waals surface area contributed by atoms with Crippen LogP contribution >= 0.6 is 11.6 Å². The number of hydrogen-bond donors (Lipinski definition) is 2. The second-order valence-corrected chi connectivity index (χ2v) is 7.12. The molecular weight excluding hydrogens is 446 g/mol. The normalized spacial score (nSPS) is 10.5. The zero-order chi connectivity index (χ0) is 23.2. The zero-order valence-electron chi connectivity index (χ0n) is 17.4. The van der Waals surface area contributed by atoms with Gasteiger partial charge in [0.25, 0.3) is 5.91 Å². The fourth-order valence-electron chi connectivity index (χ4n) is 2.95. The molecule has 2 aromatic carbocycles. The maximum absolute atomic E-state index is 12.6. The summed E-state index contributed by atoms with van der Waals surface area (Å²) in [5, 5.41) is 17.9. The molecule has 2 heterocycles. The van der Waals surface area contributed by atoms with Crippen LogP contribution in [0.4, 0.5) is 11.4 Å². The number of ether oxygens (including phenoxy) is 1. The number of halogens is 1. The van der Waals surface area contributed by atoms with Gasteiger partial charge < -0.3 is 15.4 Å². The Kier molecular flexibility index (Phi) is 6.56. The Balaban J connectivity index is 1.46. The average Bonchev–Trinajstić information content (AvgIpc) is 3.28. The summed E-state index contributed by atoms with van der Waals surface area (Å²) < 4.78 is 5.10. The molecule has 0 radical (unpaired) electrons. The number of carbonyl (C=O) groups excluding carboxylic acids is 2. The lowest BCUT2D eigenvalue weighted by Crippen LogP contribution is -2.20. The molecule has 10 nitrogen and oxygen atoms in total. The molecule has 0 aliphatic rings. The van der Waals surface area contributed by atoms with Crippen molar-refractivity contribution in [3.8, 4) is 17.1 Å². The van der Waals surface area contributed by atoms with Gasteiger partial charge in [-0.15, -0.1) is 10.2 Å². The number of methoxy groups -OCH3 is 1. The Hall–Kier alpha value is -4.31. The molecule has 2 N–H and O–H groups in total. The molecule has 2 aromatic heterocycles. The highest BCUT2D eigenvalue weighted by molar-refractivity contribution is 6.33. The van der Waals surface area contributed by atoms with Gasteiger partial charge in [-0.1, -0.05) is 23.7 Å². The number of rotatable bonds is 7. The molecule has 0 spiro atoms. The Morgan fingerprint density at radius 3 is 2.58 bits per heavy atom. The molecule has 4 aromatic rings. The molecule has 33 heavy (non-hydrogen) atoms. The monoisotopic (exact) mass is 463 g/mol. The Bertz CT molecular complexity index is 1290. The SMILES string of the molecule is COc1ccc(NC(=O)Cn2nnc(-c3ccccc3NC(=O)c3cccnc3Cl)n2)cc1. The molecule has 0 bridgehead atoms. The van der Waals surface area contributed by atoms with Crippen LogP contribution in [-0.4, -0.2) is 44.1 Å². The number of nitrogens with one attached hydrogen (secondary N) is 2. The maximum Gasteiger partial charge on any atom is 0.258 e. The number of carbonyl (C=O) groups is 2. The number of benzene rings is 2. The minimum atomic E-state index is -0.424. The summed E-state index contributed by atoms with van der Waals surface area (Å²) in [4.78, 5) is 30.0. The summed E-state index contributed by atoms with van der Waals surface area (Å²) in [6.45, 7) is -0.140. The van der Waals surface area contributed by atoms with Crippen molar-refractivity contribution < 1.29 is 14.3 Å². The average molecular weight is 464 g/mol. The summed E-state index contributed by atoms with van der Waals surface area (Å²) in [7, 11) is 1.57. The molecule has 2 amide bonds. The number of anilines is 2. The summed E-state index contributed by atoms with van der Waals surface area (Å²) in [6, 6.07) is 17.1. The van der Waals surface area contributed by atoms with Gasteiger partial charge >= 0.3 is 0 Å². The van der Waals surface area contributed by atoms with E-state index >= 15 is 0 Å². The summed E-state index contributed by atoms with van der Waals surface area (Å²) >= 11 is 6.01. The molecule has 4 rings (SSSR count). The van der Waals surface area contributed by atoms with E-state index in [1.165, 1.54) is 11.0 Å². The molecule has 0 saturated carbocycles. The molecule has 0 atom stereocenters. The van der Waals surface area contributed by atoms with Crippen LogP contribution in [0.25, 0.3) is 11.4 Å². The van der Waals surface area contributed by atoms with Crippen molar-refractivity contribution >= 4 is 34.8 Å². The maximum atomic E-state index is 12.6. The van der Waals surface area contributed by atoms with Crippen LogP contribution in [0.5, 0.6) is 5.75 Å². The quantitative estimate of drug-likeness (QED) is 0.403. The van der Waals surface area contributed by atoms with Crippen molar-refractivity contribution in [2.24, 2.45) is 0 Å². The van der Waals surface area contributed by atoms with Crippen LogP contribution in [0.2, 0.25) is 5.15 Å². The van der Waals surface area contributed by atoms with Crippen molar-refractivity contribution in [3.63, 3.8) is 0 Å². The largest absolute Gasteiger partial charge is 0.497 e. The second-order valence-electron chi connectivity index (χ2n) is 6.76. The van der Waals surface area contributed by atoms with Crippen molar-refractivity contribution in [2.45, 2.75) is 6.54 Å². The first-order valence-electron chi connectivity index (χ1n) is 9.76. The minimum Gasteiger partial charge on any atom is -0.497 e. The molecule has 166 valence electrons. The Labute approximate surface area is 193 Å². The molecule has 0 unspecified atom stereocenters. The number of amides is 2. The topological polar surface area (TPSA) is 124 Å². The van der Waals surface area contributed by atoms with E-state index < -0.39 is 5.91 Å². The van der Waals surface area contributed by atoms with E-state index in [1.54, 1.807) is 67.8 Å². The van der Waals surface area contributed by atoms with Crippen molar-refractivity contribution in [2.75, 3.05) is 17.7 Å². The smallest absolute Gasteiger partial charge is 0.258 e. The standard InChI is InChI=1S/C22H18ClN7O3/c1-33-15-10-8-14(9-11-15)25-19(31)13-30-28-21(27-29-30)16-5-2-3-7-18(16)26-22(32)17-6-4-12-24-20(17)23/h2-12H,13H2,1H3,(H,25,31)(H,26,32). The van der Waals surface area contributed by atoms with Gasteiger partial charge in [0.1, 0.15) is 17.4 Å². The van der Waals surface area contributed by atoms with E-state index in [2.05, 4.69) is 31.0 Å². The van der Waals surface area contributed by atoms with Gasteiger partial charge in [0.05, 0.1) is 18.4 Å². The highest BCUT2D eigenvalue weighted by atomic mass is 35.5. The molecule has 0 fully saturated rings. The van der Waals surface area contributed by atoms with Crippen LogP contribution in [0.1, 0.15) is 10.4 Å². The number of hydrogen-bond acceptors (Lipinski definition) is 7. The first kappa shape index (κ1) is 21.9. The van der Waals surface area contributed by atoms with Crippen molar-refractivity contribution in [1.29, 1.82) is 0 Å². The lowest BCUT2D eigenvalue weighted by molar-refractivity contribution is -0.117. The highest BCUT2D eigenvalue weighted by Gasteiger charge is 2.16. The fraction of sp³-hybridized carbons (Fsp3) is 0.0909. The van der Waals surface area contributed by atoms with Crippen LogP contribution < -0.4 is 15.4 Å². The van der Waals surface area contributed by atoms with Crippen LogP contribution in [0, 0.1) is 0 Å². The van der Waals surface area contributed by atoms with Crippen LogP contribution in [-0.2, 0) is 11.3 Å². The predicted molar refractivity (Wildman–Crippen MR) is 122 cm³/mol. The third kappa shape index (κ3) is 5.31. The number of tetrazole rings is 1. The van der Waals surface area contributed by atoms with Crippen molar-refractivity contribution in [1.82, 2.24) is 25.2 Å². The molecule has 11 heteroatoms. The van der Waals surface area contributed by atoms with Gasteiger partial charge in [0.2, 0.25) is 11.7 Å². The van der Waals surface area contributed by atoms with E-state index in [-0.39, 0.29) is 29.0 Å². The van der Waals surface area contributed by atoms with Crippen LogP contribution in [0.3, 0.4) is 0 Å². The number of para-hydroxylation sites is 1. The van der Waals surface area contributed by atoms with E-state index in [1.807, 2.05) is 0 Å². The molecule has 0 aliphatic carbocycles. The highest BCUT2D eigenvalue weighted by Crippen LogP contribution is 2.25. The number of nitrogens with zero attached hydrogens (tertiary/aromatic N) is 5. The Morgan fingerprint density at radius 2 is 1.82 bits per heavy atom. The molecular formula is C22H18ClN7O3. The second kappa shape index (κ2) is 9.88. The third-order valence-electron chi connectivity index (χ3n) is 4.53. The number of pyridine rings is 1. The fourth-order valence-corrected chi connectivity index (χ4v) is 3.16. The third-order valence-corrected chi connectivity index (χ3v) is 4.83. The summed E-state index contributed by atoms with van der Waals surface area (Å²) in [5.41, 5.74) is 1.85. The Morgan fingerprint density at radius 1 is 1.03 bits per heavy atom. The van der Waals surface area contributed by atoms with Gasteiger partial charge in [-0.25, -0.2) is 4.98 Å². The van der Waals surface area contributed by atoms with Crippen LogP contribution in [0.15, 0.2) is 66.9 Å². The number of aromatic nitrogens is 5. The summed E-state index contributed by atoms with van der Waals surface area (Å²) in [5.74, 6) is 0.191. The van der Waals surface area contributed by atoms with Gasteiger partial charge in [0.15, 0.2) is 0 Å². The van der Waals surface area contributed by atoms with Crippen molar-refractivity contribution in [3.05, 3.63) is 77.6 Å². The lowest BCUT2D eigenvalue weighted by atomic mass is 10.1. The predicted octanol–water partition coefficient (Wildman–Crippen LogP) is 3.29. The van der Waals surface area contributed by atoms with E-state index in [4.69, 9.17) is 16.3 Å². The zero-order valence-corrected chi connectivity index (χ0v) is 18.2. The van der Waals surface area contributed by atoms with E-state index in [9.17, 15) is 9.59 Å². The summed E-state index contributed by atoms with van der Waals surface area (Å²) in [6.07, 6.45) is 1.50. The van der Waals surface area contributed by atoms with Gasteiger partial charge in [-0.3, -0.25) is 9.59 Å². The minimum absolute atomic E-state index is 0.0967. The first-order valence-corrected chi connectivity index (χ1v) is 10.1.